The minimum Gasteiger partial charge on any atom is -0.493 e. The highest BCUT2D eigenvalue weighted by Crippen LogP contribution is 2.28. The molecule has 3 rings (SSSR count). The zero-order valence-electron chi connectivity index (χ0n) is 16.3. The Hall–Kier alpha value is -3.92. The number of carbonyl (C=O) groups excluding carboxylic acids is 1. The second-order valence-electron chi connectivity index (χ2n) is 6.25. The monoisotopic (exact) mass is 443 g/mol. The van der Waals surface area contributed by atoms with Crippen molar-refractivity contribution in [2.45, 2.75) is 13.0 Å². The van der Waals surface area contributed by atoms with Crippen LogP contribution in [0.25, 0.3) is 0 Å². The van der Waals surface area contributed by atoms with Crippen LogP contribution < -0.4 is 26.1 Å². The molecule has 0 bridgehead atoms. The molecule has 0 aliphatic heterocycles. The van der Waals surface area contributed by atoms with Crippen molar-refractivity contribution < 1.29 is 14.3 Å². The van der Waals surface area contributed by atoms with E-state index in [1.807, 2.05) is 17.1 Å². The number of carbonyl (C=O) groups is 1. The molecular weight excluding hydrogens is 426 g/mol. The van der Waals surface area contributed by atoms with Crippen molar-refractivity contribution in [3.8, 4) is 11.5 Å². The first-order valence-corrected chi connectivity index (χ1v) is 9.37. The molecule has 0 aliphatic carbocycles. The van der Waals surface area contributed by atoms with E-state index < -0.39 is 17.2 Å². The number of rotatable bonds is 8. The molecule has 1 aromatic heterocycles. The predicted octanol–water partition coefficient (Wildman–Crippen LogP) is 1.39. The smallest absolute Gasteiger partial charge is 0.342 e. The highest BCUT2D eigenvalue weighted by molar-refractivity contribution is 6.30. The molecule has 0 radical (unpaired) electrons. The van der Waals surface area contributed by atoms with Crippen molar-refractivity contribution in [3.63, 3.8) is 0 Å². The Kier molecular flexibility index (Phi) is 7.17. The van der Waals surface area contributed by atoms with Gasteiger partial charge in [0.1, 0.15) is 12.3 Å². The number of ether oxygens (including phenoxy) is 2. The second-order valence-corrected chi connectivity index (χ2v) is 6.69. The van der Waals surface area contributed by atoms with Gasteiger partial charge >= 0.3 is 5.69 Å². The number of hydrazone groups is 1. The minimum absolute atomic E-state index is 0.129. The number of hydrogen-bond donors (Lipinski definition) is 3. The van der Waals surface area contributed by atoms with Gasteiger partial charge in [0.05, 0.1) is 19.7 Å². The Morgan fingerprint density at radius 3 is 2.68 bits per heavy atom. The Morgan fingerprint density at radius 1 is 1.19 bits per heavy atom. The third-order valence-electron chi connectivity index (χ3n) is 4.01. The Bertz CT molecular complexity index is 1200. The fourth-order valence-corrected chi connectivity index (χ4v) is 2.61. The maximum absolute atomic E-state index is 11.9. The zero-order chi connectivity index (χ0) is 22.2. The molecule has 0 saturated carbocycles. The van der Waals surface area contributed by atoms with Gasteiger partial charge in [0, 0.05) is 5.02 Å². The first kappa shape index (κ1) is 21.8. The summed E-state index contributed by atoms with van der Waals surface area (Å²) in [7, 11) is 1.52. The van der Waals surface area contributed by atoms with E-state index in [1.165, 1.54) is 13.3 Å². The normalized spacial score (nSPS) is 10.8. The molecule has 160 valence electrons. The largest absolute Gasteiger partial charge is 0.493 e. The van der Waals surface area contributed by atoms with Crippen LogP contribution in [0.5, 0.6) is 11.5 Å². The average Bonchev–Trinajstić information content (AvgIpc) is 2.75. The molecule has 1 amide bonds. The van der Waals surface area contributed by atoms with Crippen molar-refractivity contribution >= 4 is 23.7 Å². The molecule has 0 spiro atoms. The van der Waals surface area contributed by atoms with E-state index in [2.05, 4.69) is 20.7 Å². The number of benzene rings is 2. The summed E-state index contributed by atoms with van der Waals surface area (Å²) in [5, 5.41) is 10.1. The minimum atomic E-state index is -0.748. The van der Waals surface area contributed by atoms with Crippen molar-refractivity contribution in [1.29, 1.82) is 0 Å². The number of H-pyrrole nitrogens is 2. The van der Waals surface area contributed by atoms with E-state index in [1.54, 1.807) is 30.3 Å². The summed E-state index contributed by atoms with van der Waals surface area (Å²) in [6.07, 6.45) is 1.07. The van der Waals surface area contributed by atoms with Crippen molar-refractivity contribution in [2.24, 2.45) is 5.10 Å². The number of aromatic amines is 2. The molecular formula is C20H18ClN5O5. The van der Waals surface area contributed by atoms with Crippen molar-refractivity contribution in [2.75, 3.05) is 7.11 Å². The number of amides is 1. The molecule has 2 aromatic carbocycles. The zero-order valence-corrected chi connectivity index (χ0v) is 17.1. The van der Waals surface area contributed by atoms with E-state index in [9.17, 15) is 14.4 Å². The Balaban J connectivity index is 1.58. The first-order chi connectivity index (χ1) is 14.9. The van der Waals surface area contributed by atoms with Crippen molar-refractivity contribution in [1.82, 2.24) is 20.6 Å². The van der Waals surface area contributed by atoms with Crippen molar-refractivity contribution in [3.05, 3.63) is 85.1 Å². The van der Waals surface area contributed by atoms with Gasteiger partial charge in [-0.25, -0.2) is 15.3 Å². The SMILES string of the molecule is COc1cc(/C=N/NC(=O)Cc2n[nH]c(=O)[nH]c2=O)ccc1OCc1ccc(Cl)cc1. The van der Waals surface area contributed by atoms with E-state index >= 15 is 0 Å². The van der Waals surface area contributed by atoms with Gasteiger partial charge in [-0.05, 0) is 41.5 Å². The van der Waals surface area contributed by atoms with Gasteiger partial charge in [0.25, 0.3) is 5.56 Å². The third kappa shape index (κ3) is 6.28. The molecule has 0 saturated heterocycles. The fourth-order valence-electron chi connectivity index (χ4n) is 2.49. The van der Waals surface area contributed by atoms with Gasteiger partial charge in [-0.3, -0.25) is 14.6 Å². The summed E-state index contributed by atoms with van der Waals surface area (Å²) in [4.78, 5) is 36.4. The van der Waals surface area contributed by atoms with Crippen LogP contribution in [0.2, 0.25) is 5.02 Å². The summed E-state index contributed by atoms with van der Waals surface area (Å²) >= 11 is 5.88. The summed E-state index contributed by atoms with van der Waals surface area (Å²) in [5.74, 6) is 0.464. The molecule has 0 atom stereocenters. The maximum Gasteiger partial charge on any atom is 0.342 e. The quantitative estimate of drug-likeness (QED) is 0.355. The number of aromatic nitrogens is 3. The Labute approximate surface area is 180 Å². The number of hydrogen-bond acceptors (Lipinski definition) is 7. The molecule has 1 heterocycles. The van der Waals surface area contributed by atoms with E-state index in [-0.39, 0.29) is 12.1 Å². The summed E-state index contributed by atoms with van der Waals surface area (Å²) in [6.45, 7) is 0.342. The van der Waals surface area contributed by atoms with Crippen LogP contribution in [0.4, 0.5) is 0 Å². The summed E-state index contributed by atoms with van der Waals surface area (Å²) in [5.41, 5.74) is 2.28. The molecule has 10 nitrogen and oxygen atoms in total. The van der Waals surface area contributed by atoms with E-state index in [4.69, 9.17) is 21.1 Å². The Morgan fingerprint density at radius 2 is 1.97 bits per heavy atom. The third-order valence-corrected chi connectivity index (χ3v) is 4.26. The van der Waals surface area contributed by atoms with Gasteiger partial charge < -0.3 is 9.47 Å². The topological polar surface area (TPSA) is 139 Å². The molecule has 31 heavy (non-hydrogen) atoms. The van der Waals surface area contributed by atoms with Crippen LogP contribution in [-0.2, 0) is 17.8 Å². The van der Waals surface area contributed by atoms with Gasteiger partial charge in [-0.1, -0.05) is 23.7 Å². The molecule has 0 unspecified atom stereocenters. The molecule has 0 aliphatic rings. The predicted molar refractivity (Wildman–Crippen MR) is 114 cm³/mol. The van der Waals surface area contributed by atoms with Crippen LogP contribution in [-0.4, -0.2) is 34.4 Å². The van der Waals surface area contributed by atoms with Crippen LogP contribution in [0, 0.1) is 0 Å². The van der Waals surface area contributed by atoms with Gasteiger partial charge in [0.15, 0.2) is 11.5 Å². The summed E-state index contributed by atoms with van der Waals surface area (Å²) < 4.78 is 11.1. The van der Waals surface area contributed by atoms with Crippen LogP contribution in [0.15, 0.2) is 57.2 Å². The highest BCUT2D eigenvalue weighted by atomic mass is 35.5. The number of nitrogens with one attached hydrogen (secondary N) is 3. The highest BCUT2D eigenvalue weighted by Gasteiger charge is 2.09. The lowest BCUT2D eigenvalue weighted by Gasteiger charge is -2.11. The van der Waals surface area contributed by atoms with E-state index in [0.717, 1.165) is 5.56 Å². The molecule has 11 heteroatoms. The average molecular weight is 444 g/mol. The van der Waals surface area contributed by atoms with Crippen LogP contribution >= 0.6 is 11.6 Å². The lowest BCUT2D eigenvalue weighted by Crippen LogP contribution is -2.31. The van der Waals surface area contributed by atoms with Crippen LogP contribution in [0.3, 0.4) is 0 Å². The second kappa shape index (κ2) is 10.2. The number of nitrogens with zero attached hydrogens (tertiary/aromatic N) is 2. The van der Waals surface area contributed by atoms with Gasteiger partial charge in [-0.15, -0.1) is 0 Å². The lowest BCUT2D eigenvalue weighted by atomic mass is 10.2. The maximum atomic E-state index is 11.9. The molecule has 3 aromatic rings. The molecule has 0 fully saturated rings. The summed E-state index contributed by atoms with van der Waals surface area (Å²) in [6, 6.07) is 12.5. The number of methoxy groups -OCH3 is 1. The number of halogens is 1. The lowest BCUT2D eigenvalue weighted by molar-refractivity contribution is -0.120. The van der Waals surface area contributed by atoms with E-state index in [0.29, 0.717) is 28.7 Å². The molecule has 3 N–H and O–H groups in total. The fraction of sp³-hybridized carbons (Fsp3) is 0.150. The standard InChI is InChI=1S/C20H18ClN5O5/c1-30-17-8-13(4-7-16(17)31-11-12-2-5-14(21)6-3-12)10-22-25-18(27)9-15-19(28)23-20(29)26-24-15/h2-8,10H,9,11H2,1H3,(H,25,27)(H2,23,26,28,29)/b22-10+. The first-order valence-electron chi connectivity index (χ1n) is 8.99. The van der Waals surface area contributed by atoms with Gasteiger partial charge in [0.2, 0.25) is 5.91 Å². The van der Waals surface area contributed by atoms with Gasteiger partial charge in [-0.2, -0.15) is 10.2 Å². The van der Waals surface area contributed by atoms with Crippen LogP contribution in [0.1, 0.15) is 16.8 Å².